The van der Waals surface area contributed by atoms with Gasteiger partial charge in [0.2, 0.25) is 0 Å². The number of hydrogen-bond donors (Lipinski definition) is 0. The second-order valence-electron chi connectivity index (χ2n) is 0.447. The van der Waals surface area contributed by atoms with Crippen LogP contribution in [-0.2, 0) is 51.2 Å². The minimum absolute atomic E-state index is 0. The van der Waals surface area contributed by atoms with Crippen LogP contribution in [0.2, 0.25) is 0 Å². The van der Waals surface area contributed by atoms with Gasteiger partial charge >= 0.3 is 114 Å². The molecule has 0 atom stereocenters. The van der Waals surface area contributed by atoms with E-state index < -0.39 is 42.9 Å². The first-order valence-electron chi connectivity index (χ1n) is 1.10. The van der Waals surface area contributed by atoms with Crippen molar-refractivity contribution in [2.24, 2.45) is 0 Å². The van der Waals surface area contributed by atoms with Gasteiger partial charge in [-0.25, -0.2) is 0 Å². The van der Waals surface area contributed by atoms with E-state index in [0.717, 1.165) is 0 Å². The molecule has 0 aliphatic carbocycles. The summed E-state index contributed by atoms with van der Waals surface area (Å²) in [5.74, 6) is 0. The van der Waals surface area contributed by atoms with Gasteiger partial charge in [-0.15, -0.1) is 0 Å². The topological polar surface area (TPSA) is 138 Å². The van der Waals surface area contributed by atoms with E-state index in [2.05, 4.69) is 0 Å². The summed E-state index contributed by atoms with van der Waals surface area (Å²) in [5, 5.41) is 0. The first-order chi connectivity index (χ1) is 3.46. The SMILES string of the molecule is [Fe+2].[Fe+2].[Fe+2].[O-][Sb]([O-])[O-].[O-][Sb]([O-])[O-]. The van der Waals surface area contributed by atoms with Crippen LogP contribution in [0.15, 0.2) is 0 Å². The Kier molecular flexibility index (Phi) is 61.3. The first kappa shape index (κ1) is 29.2. The maximum atomic E-state index is 8.60. The summed E-state index contributed by atoms with van der Waals surface area (Å²) >= 11 is -8.40. The van der Waals surface area contributed by atoms with Gasteiger partial charge in [-0.2, -0.15) is 0 Å². The molecule has 0 saturated heterocycles. The molecule has 11 heavy (non-hydrogen) atoms. The molecule has 0 fully saturated rings. The summed E-state index contributed by atoms with van der Waals surface area (Å²) in [7, 11) is 0. The van der Waals surface area contributed by atoms with Crippen LogP contribution in [0.5, 0.6) is 0 Å². The van der Waals surface area contributed by atoms with Gasteiger partial charge in [-0.3, -0.25) is 0 Å². The Morgan fingerprint density at radius 2 is 0.455 bits per heavy atom. The van der Waals surface area contributed by atoms with E-state index in [0.29, 0.717) is 0 Å². The van der Waals surface area contributed by atoms with Gasteiger partial charge in [0.05, 0.1) is 0 Å². The number of hydrogen-bond acceptors (Lipinski definition) is 6. The molecule has 0 rings (SSSR count). The quantitative estimate of drug-likeness (QED) is 0.299. The van der Waals surface area contributed by atoms with Crippen molar-refractivity contribution in [2.45, 2.75) is 0 Å². The van der Waals surface area contributed by atoms with Crippen LogP contribution in [0.4, 0.5) is 0 Å². The van der Waals surface area contributed by atoms with Crippen LogP contribution in [0, 0.1) is 0 Å². The average molecular weight is 507 g/mol. The third kappa shape index (κ3) is 178. The van der Waals surface area contributed by atoms with Gasteiger partial charge in [0.25, 0.3) is 0 Å². The monoisotopic (exact) mass is 506 g/mol. The Morgan fingerprint density at radius 1 is 0.455 bits per heavy atom. The van der Waals surface area contributed by atoms with Crippen LogP contribution >= 0.6 is 0 Å². The van der Waals surface area contributed by atoms with E-state index in [1.807, 2.05) is 0 Å². The molecule has 0 saturated carbocycles. The van der Waals surface area contributed by atoms with E-state index in [1.54, 1.807) is 0 Å². The minimum atomic E-state index is -4.20. The van der Waals surface area contributed by atoms with E-state index in [-0.39, 0.29) is 51.2 Å². The molecule has 0 spiro atoms. The molecular weight excluding hydrogens is 507 g/mol. The molecule has 11 heteroatoms. The molecule has 0 amide bonds. The van der Waals surface area contributed by atoms with Crippen molar-refractivity contribution in [2.75, 3.05) is 0 Å². The molecule has 0 aliphatic heterocycles. The molecule has 0 aliphatic rings. The van der Waals surface area contributed by atoms with Crippen LogP contribution in [0.3, 0.4) is 0 Å². The zero-order valence-corrected chi connectivity index (χ0v) is 12.8. The predicted molar refractivity (Wildman–Crippen MR) is 11.5 cm³/mol. The summed E-state index contributed by atoms with van der Waals surface area (Å²) in [5.41, 5.74) is 0. The summed E-state index contributed by atoms with van der Waals surface area (Å²) in [6.45, 7) is 0. The third-order valence-corrected chi connectivity index (χ3v) is 0. The molecule has 0 radical (unpaired) electrons. The zero-order chi connectivity index (χ0) is 7.15. The third-order valence-electron chi connectivity index (χ3n) is 0. The molecule has 0 heterocycles. The molecular formula is Fe3O6Sb2. The van der Waals surface area contributed by atoms with Gasteiger partial charge in [0, 0.05) is 0 Å². The molecule has 70 valence electrons. The fourth-order valence-electron chi connectivity index (χ4n) is 0. The van der Waals surface area contributed by atoms with Gasteiger partial charge in [-0.1, -0.05) is 0 Å². The fourth-order valence-corrected chi connectivity index (χ4v) is 0. The van der Waals surface area contributed by atoms with Crippen LogP contribution in [0.25, 0.3) is 0 Å². The van der Waals surface area contributed by atoms with E-state index in [1.165, 1.54) is 0 Å². The molecule has 0 unspecified atom stereocenters. The van der Waals surface area contributed by atoms with Crippen molar-refractivity contribution in [3.63, 3.8) is 0 Å². The summed E-state index contributed by atoms with van der Waals surface area (Å²) in [4.78, 5) is 0. The second kappa shape index (κ2) is 23.1. The summed E-state index contributed by atoms with van der Waals surface area (Å²) in [6.07, 6.45) is 0. The Balaban J connectivity index is -0.0000000171. The molecule has 0 N–H and O–H groups in total. The van der Waals surface area contributed by atoms with Crippen molar-refractivity contribution in [1.29, 1.82) is 0 Å². The van der Waals surface area contributed by atoms with Crippen LogP contribution < -0.4 is 20.3 Å². The Labute approximate surface area is 113 Å². The predicted octanol–water partition coefficient (Wildman–Crippen LogP) is -7.90. The molecule has 0 aromatic heterocycles. The van der Waals surface area contributed by atoms with Crippen LogP contribution in [0.1, 0.15) is 0 Å². The van der Waals surface area contributed by atoms with Crippen molar-refractivity contribution in [3.05, 3.63) is 0 Å². The van der Waals surface area contributed by atoms with Gasteiger partial charge in [0.1, 0.15) is 0 Å². The average Bonchev–Trinajstić information content (AvgIpc) is 1.25. The normalized spacial score (nSPS) is 6.55. The van der Waals surface area contributed by atoms with Gasteiger partial charge in [0.15, 0.2) is 0 Å². The van der Waals surface area contributed by atoms with Crippen molar-refractivity contribution in [1.82, 2.24) is 0 Å². The Bertz CT molecular complexity index is 31.3. The summed E-state index contributed by atoms with van der Waals surface area (Å²) in [6, 6.07) is 0. The van der Waals surface area contributed by atoms with Crippen molar-refractivity contribution in [3.8, 4) is 0 Å². The van der Waals surface area contributed by atoms with Crippen LogP contribution in [-0.4, -0.2) is 42.9 Å². The standard InChI is InChI=1S/3Fe.6O.2Sb/q3*+2;6*-1;;. The van der Waals surface area contributed by atoms with Gasteiger partial charge < -0.3 is 0 Å². The fraction of sp³-hybridized carbons (Fsp3) is 0. The molecule has 0 bridgehead atoms. The molecule has 0 aromatic carbocycles. The van der Waals surface area contributed by atoms with E-state index in [4.69, 9.17) is 20.3 Å². The summed E-state index contributed by atoms with van der Waals surface area (Å²) < 4.78 is 51.6. The zero-order valence-electron chi connectivity index (χ0n) is 4.40. The Hall–Kier alpha value is 2.95. The molecule has 0 aromatic rings. The van der Waals surface area contributed by atoms with Crippen molar-refractivity contribution >= 4 is 42.9 Å². The van der Waals surface area contributed by atoms with Gasteiger partial charge in [-0.05, 0) is 0 Å². The Morgan fingerprint density at radius 3 is 0.455 bits per heavy atom. The maximum absolute atomic E-state index is 8.60. The molecule has 6 nitrogen and oxygen atoms in total. The van der Waals surface area contributed by atoms with Crippen molar-refractivity contribution < 1.29 is 71.5 Å². The second-order valence-corrected chi connectivity index (χ2v) is 3.00. The van der Waals surface area contributed by atoms with E-state index >= 15 is 0 Å². The van der Waals surface area contributed by atoms with E-state index in [9.17, 15) is 0 Å². The number of rotatable bonds is 0. The first-order valence-corrected chi connectivity index (χ1v) is 7.35.